The lowest BCUT2D eigenvalue weighted by Gasteiger charge is -2.32. The van der Waals surface area contributed by atoms with Gasteiger partial charge in [0.1, 0.15) is 0 Å². The summed E-state index contributed by atoms with van der Waals surface area (Å²) >= 11 is 0. The van der Waals surface area contributed by atoms with E-state index < -0.39 is 5.41 Å². The lowest BCUT2D eigenvalue weighted by atomic mass is 9.79. The predicted octanol–water partition coefficient (Wildman–Crippen LogP) is 3.70. The van der Waals surface area contributed by atoms with Gasteiger partial charge in [-0.1, -0.05) is 24.3 Å². The van der Waals surface area contributed by atoms with Gasteiger partial charge in [0, 0.05) is 6.32 Å². The van der Waals surface area contributed by atoms with Crippen LogP contribution in [-0.2, 0) is 30.6 Å². The van der Waals surface area contributed by atoms with Crippen molar-refractivity contribution in [2.75, 3.05) is 6.61 Å². The van der Waals surface area contributed by atoms with E-state index in [1.165, 1.54) is 0 Å². The monoisotopic (exact) mass is 332 g/mol. The van der Waals surface area contributed by atoms with Crippen molar-refractivity contribution in [3.8, 4) is 0 Å². The van der Waals surface area contributed by atoms with Crippen LogP contribution in [-0.4, -0.2) is 30.9 Å². The lowest BCUT2D eigenvalue weighted by molar-refractivity contribution is -0.148. The zero-order chi connectivity index (χ0) is 18.2. The molecule has 0 radical (unpaired) electrons. The molecule has 0 amide bonds. The molecule has 0 saturated carbocycles. The largest absolute Gasteiger partial charge is 0.465 e. The minimum Gasteiger partial charge on any atom is -0.465 e. The molecule has 0 N–H and O–H groups in total. The van der Waals surface area contributed by atoms with Crippen LogP contribution in [0.1, 0.15) is 59.6 Å². The summed E-state index contributed by atoms with van der Waals surface area (Å²) in [6.07, 6.45) is 0.687. The van der Waals surface area contributed by atoms with Crippen LogP contribution in [0.15, 0.2) is 24.3 Å². The van der Waals surface area contributed by atoms with E-state index in [9.17, 15) is 4.79 Å². The molecular weight excluding hydrogens is 303 g/mol. The number of carbonyl (C=O) groups excluding carboxylic acids is 1. The average Bonchev–Trinajstić information content (AvgIpc) is 2.67. The third kappa shape index (κ3) is 3.67. The van der Waals surface area contributed by atoms with Gasteiger partial charge in [0.25, 0.3) is 0 Å². The molecule has 1 aliphatic heterocycles. The van der Waals surface area contributed by atoms with Gasteiger partial charge in [-0.15, -0.1) is 0 Å². The number of benzene rings is 1. The Kier molecular flexibility index (Phi) is 5.17. The van der Waals surface area contributed by atoms with Crippen LogP contribution in [0, 0.1) is 0 Å². The maximum atomic E-state index is 12.1. The molecular formula is C19H29BO4. The van der Waals surface area contributed by atoms with Crippen molar-refractivity contribution in [2.24, 2.45) is 0 Å². The van der Waals surface area contributed by atoms with Crippen molar-refractivity contribution in [2.45, 2.75) is 71.4 Å². The summed E-state index contributed by atoms with van der Waals surface area (Å²) in [5.74, 6) is -0.205. The quantitative estimate of drug-likeness (QED) is 0.609. The van der Waals surface area contributed by atoms with E-state index in [-0.39, 0.29) is 24.3 Å². The molecule has 1 aromatic rings. The van der Waals surface area contributed by atoms with Gasteiger partial charge >= 0.3 is 13.1 Å². The average molecular weight is 332 g/mol. The zero-order valence-corrected chi connectivity index (χ0v) is 15.9. The Hall–Kier alpha value is -1.33. The highest BCUT2D eigenvalue weighted by Crippen LogP contribution is 2.37. The van der Waals surface area contributed by atoms with Gasteiger partial charge in [-0.25, -0.2) is 0 Å². The van der Waals surface area contributed by atoms with Crippen LogP contribution in [0.3, 0.4) is 0 Å². The Morgan fingerprint density at radius 1 is 1.08 bits per heavy atom. The number of hydrogen-bond acceptors (Lipinski definition) is 4. The molecule has 0 aliphatic carbocycles. The molecule has 24 heavy (non-hydrogen) atoms. The molecule has 0 atom stereocenters. The van der Waals surface area contributed by atoms with Crippen LogP contribution < -0.4 is 0 Å². The Bertz CT molecular complexity index is 574. The summed E-state index contributed by atoms with van der Waals surface area (Å²) in [6.45, 7) is 14.2. The molecule has 2 rings (SSSR count). The van der Waals surface area contributed by atoms with Crippen molar-refractivity contribution in [1.82, 2.24) is 0 Å². The first-order chi connectivity index (χ1) is 11.0. The van der Waals surface area contributed by atoms with Crippen molar-refractivity contribution >= 4 is 13.1 Å². The Morgan fingerprint density at radius 2 is 1.58 bits per heavy atom. The molecule has 5 heteroatoms. The van der Waals surface area contributed by atoms with Crippen molar-refractivity contribution in [3.63, 3.8) is 0 Å². The molecule has 1 heterocycles. The van der Waals surface area contributed by atoms with Gasteiger partial charge in [-0.05, 0) is 59.6 Å². The molecule has 1 aromatic carbocycles. The molecule has 132 valence electrons. The van der Waals surface area contributed by atoms with E-state index in [1.807, 2.05) is 45.0 Å². The van der Waals surface area contributed by atoms with Gasteiger partial charge < -0.3 is 14.0 Å². The Morgan fingerprint density at radius 3 is 2.04 bits per heavy atom. The van der Waals surface area contributed by atoms with E-state index in [2.05, 4.69) is 27.7 Å². The third-order valence-electron chi connectivity index (χ3n) is 5.17. The second-order valence-corrected chi connectivity index (χ2v) is 7.93. The fourth-order valence-electron chi connectivity index (χ4n) is 2.73. The predicted molar refractivity (Wildman–Crippen MR) is 95.9 cm³/mol. The van der Waals surface area contributed by atoms with Crippen molar-refractivity contribution in [3.05, 3.63) is 35.4 Å². The van der Waals surface area contributed by atoms with Crippen molar-refractivity contribution < 1.29 is 18.8 Å². The summed E-state index contributed by atoms with van der Waals surface area (Å²) in [6, 6.07) is 8.03. The Balaban J connectivity index is 2.07. The smallest absolute Gasteiger partial charge is 0.462 e. The van der Waals surface area contributed by atoms with Gasteiger partial charge in [0.2, 0.25) is 0 Å². The van der Waals surface area contributed by atoms with Gasteiger partial charge in [0.15, 0.2) is 0 Å². The van der Waals surface area contributed by atoms with E-state index in [1.54, 1.807) is 0 Å². The van der Waals surface area contributed by atoms with Gasteiger partial charge in [0.05, 0.1) is 23.2 Å². The van der Waals surface area contributed by atoms with E-state index in [0.29, 0.717) is 12.9 Å². The summed E-state index contributed by atoms with van der Waals surface area (Å²) < 4.78 is 17.2. The SMILES string of the molecule is CCOC(=O)C(C)(C)c1ccc(CB2OC(C)(C)C(C)(C)O2)cc1. The number of hydrogen-bond donors (Lipinski definition) is 0. The van der Waals surface area contributed by atoms with Gasteiger partial charge in [-0.3, -0.25) is 4.79 Å². The van der Waals surface area contributed by atoms with Crippen LogP contribution in [0.25, 0.3) is 0 Å². The topological polar surface area (TPSA) is 44.8 Å². The number of rotatable bonds is 5. The highest BCUT2D eigenvalue weighted by molar-refractivity contribution is 6.45. The second kappa shape index (κ2) is 6.53. The number of esters is 1. The normalized spacial score (nSPS) is 19.4. The van der Waals surface area contributed by atoms with E-state index in [4.69, 9.17) is 14.0 Å². The fraction of sp³-hybridized carbons (Fsp3) is 0.632. The fourth-order valence-corrected chi connectivity index (χ4v) is 2.73. The second-order valence-electron chi connectivity index (χ2n) is 7.93. The first kappa shape index (κ1) is 19.0. The summed E-state index contributed by atoms with van der Waals surface area (Å²) in [5.41, 5.74) is 0.779. The number of ether oxygens (including phenoxy) is 1. The van der Waals surface area contributed by atoms with Crippen LogP contribution >= 0.6 is 0 Å². The Labute approximate surface area is 146 Å². The minimum absolute atomic E-state index is 0.205. The van der Waals surface area contributed by atoms with E-state index >= 15 is 0 Å². The number of carbonyl (C=O) groups is 1. The highest BCUT2D eigenvalue weighted by Gasteiger charge is 2.50. The molecule has 1 fully saturated rings. The molecule has 1 saturated heterocycles. The maximum Gasteiger partial charge on any atom is 0.462 e. The standard InChI is InChI=1S/C19H29BO4/c1-8-22-16(21)17(2,3)15-11-9-14(10-12-15)13-20-23-18(4,5)19(6,7)24-20/h9-12H,8,13H2,1-7H3. The van der Waals surface area contributed by atoms with Gasteiger partial charge in [-0.2, -0.15) is 0 Å². The summed E-state index contributed by atoms with van der Waals surface area (Å²) in [5, 5.41) is 0. The summed E-state index contributed by atoms with van der Waals surface area (Å²) in [4.78, 5) is 12.1. The molecule has 0 spiro atoms. The maximum absolute atomic E-state index is 12.1. The van der Waals surface area contributed by atoms with Crippen LogP contribution in [0.2, 0.25) is 0 Å². The third-order valence-corrected chi connectivity index (χ3v) is 5.17. The first-order valence-corrected chi connectivity index (χ1v) is 8.62. The molecule has 0 unspecified atom stereocenters. The van der Waals surface area contributed by atoms with Crippen molar-refractivity contribution in [1.29, 1.82) is 0 Å². The lowest BCUT2D eigenvalue weighted by Crippen LogP contribution is -2.41. The van der Waals surface area contributed by atoms with Crippen LogP contribution in [0.5, 0.6) is 0 Å². The summed E-state index contributed by atoms with van der Waals surface area (Å²) in [7, 11) is -0.251. The molecule has 4 nitrogen and oxygen atoms in total. The minimum atomic E-state index is -0.654. The van der Waals surface area contributed by atoms with Crippen LogP contribution in [0.4, 0.5) is 0 Å². The zero-order valence-electron chi connectivity index (χ0n) is 15.9. The van der Waals surface area contributed by atoms with E-state index in [0.717, 1.165) is 11.1 Å². The molecule has 1 aliphatic rings. The highest BCUT2D eigenvalue weighted by atomic mass is 16.7. The molecule has 0 aromatic heterocycles. The molecule has 0 bridgehead atoms. The first-order valence-electron chi connectivity index (χ1n) is 8.62.